The van der Waals surface area contributed by atoms with Crippen LogP contribution in [0, 0.1) is 62.1 Å². The zero-order chi connectivity index (χ0) is 36.4. The van der Waals surface area contributed by atoms with Crippen LogP contribution in [0.1, 0.15) is 152 Å². The van der Waals surface area contributed by atoms with E-state index in [9.17, 15) is 9.59 Å². The smallest absolute Gasteiger partial charge is 0.306 e. The fourth-order valence-electron chi connectivity index (χ4n) is 14.0. The summed E-state index contributed by atoms with van der Waals surface area (Å²) < 4.78 is 12.0. The predicted molar refractivity (Wildman–Crippen MR) is 206 cm³/mol. The molecule has 0 spiro atoms. The molecule has 5 rings (SSSR count). The van der Waals surface area contributed by atoms with Crippen molar-refractivity contribution in [2.75, 3.05) is 6.61 Å². The highest BCUT2D eigenvalue weighted by Crippen LogP contribution is 2.78. The first-order chi connectivity index (χ1) is 22.6. The van der Waals surface area contributed by atoms with Gasteiger partial charge in [-0.25, -0.2) is 0 Å². The number of ether oxygens (including phenoxy) is 2. The fraction of sp³-hybridized carbons (Fsp3) is 0.909. The highest BCUT2D eigenvalue weighted by atomic mass is 28.3. The lowest BCUT2D eigenvalue weighted by Gasteiger charge is -2.73. The largest absolute Gasteiger partial charge is 0.466 e. The van der Waals surface area contributed by atoms with Crippen molar-refractivity contribution in [3.63, 3.8) is 0 Å². The summed E-state index contributed by atoms with van der Waals surface area (Å²) in [7, 11) is -1.26. The van der Waals surface area contributed by atoms with E-state index in [1.807, 2.05) is 13.8 Å². The Labute approximate surface area is 303 Å². The van der Waals surface area contributed by atoms with E-state index in [4.69, 9.17) is 9.47 Å². The summed E-state index contributed by atoms with van der Waals surface area (Å²) in [5.74, 6) is 3.23. The summed E-state index contributed by atoms with van der Waals surface area (Å²) >= 11 is 0. The topological polar surface area (TPSA) is 52.6 Å². The minimum atomic E-state index is -1.26. The highest BCUT2D eigenvalue weighted by Gasteiger charge is 2.71. The first kappa shape index (κ1) is 39.1. The quantitative estimate of drug-likeness (QED) is 0.123. The van der Waals surface area contributed by atoms with Crippen LogP contribution < -0.4 is 0 Å². The average Bonchev–Trinajstić information content (AvgIpc) is 3.33. The van der Waals surface area contributed by atoms with Gasteiger partial charge in [0.05, 0.1) is 19.4 Å². The second-order valence-corrected chi connectivity index (χ2v) is 27.3. The molecule has 0 bridgehead atoms. The van der Waals surface area contributed by atoms with Gasteiger partial charge in [-0.05, 0) is 140 Å². The van der Waals surface area contributed by atoms with Crippen LogP contribution in [-0.2, 0) is 19.1 Å². The number of hydrogen-bond donors (Lipinski definition) is 0. The highest BCUT2D eigenvalue weighted by molar-refractivity contribution is 6.76. The third kappa shape index (κ3) is 6.92. The van der Waals surface area contributed by atoms with Crippen molar-refractivity contribution in [3.05, 3.63) is 12.2 Å². The molecule has 5 unspecified atom stereocenters. The molecule has 49 heavy (non-hydrogen) atoms. The number of carbonyl (C=O) groups excluding carboxylic acids is 2. The molecule has 0 heterocycles. The maximum absolute atomic E-state index is 13.5. The molecule has 5 fully saturated rings. The first-order valence-corrected chi connectivity index (χ1v) is 24.3. The molecule has 280 valence electrons. The molecule has 10 atom stereocenters. The second kappa shape index (κ2) is 13.4. The number of carbonyl (C=O) groups is 2. The van der Waals surface area contributed by atoms with Crippen LogP contribution in [-0.4, -0.2) is 32.7 Å². The van der Waals surface area contributed by atoms with Crippen LogP contribution >= 0.6 is 0 Å². The van der Waals surface area contributed by atoms with Crippen molar-refractivity contribution in [2.45, 2.75) is 184 Å². The SMILES string of the molecule is C=C(C)C1CC[C@]2(CCC)CC[C@]3(C)C(CCC4[C@@]5(C)CC[C@H](OC(=O)CC(C)(C)CC(=O)OCC[Si](C)(C)C)C(C)(C)C5CC[C@]43C)C12. The summed E-state index contributed by atoms with van der Waals surface area (Å²) in [4.78, 5) is 26.2. The van der Waals surface area contributed by atoms with Crippen LogP contribution in [0.3, 0.4) is 0 Å². The molecular weight excluding hydrogens is 621 g/mol. The lowest BCUT2D eigenvalue weighted by Crippen LogP contribution is -2.66. The predicted octanol–water partition coefficient (Wildman–Crippen LogP) is 12.0. The molecule has 5 aliphatic carbocycles. The Kier molecular flexibility index (Phi) is 10.7. The Bertz CT molecular complexity index is 1260. The van der Waals surface area contributed by atoms with Crippen molar-refractivity contribution in [2.24, 2.45) is 62.1 Å². The number of allylic oxidation sites excluding steroid dienone is 1. The fourth-order valence-corrected chi connectivity index (χ4v) is 14.7. The summed E-state index contributed by atoms with van der Waals surface area (Å²) in [5, 5.41) is 0. The van der Waals surface area contributed by atoms with Gasteiger partial charge in [0.15, 0.2) is 0 Å². The van der Waals surface area contributed by atoms with Gasteiger partial charge in [-0.1, -0.05) is 93.6 Å². The van der Waals surface area contributed by atoms with E-state index in [1.54, 1.807) is 0 Å². The Morgan fingerprint density at radius 2 is 1.49 bits per heavy atom. The van der Waals surface area contributed by atoms with Gasteiger partial charge in [0.25, 0.3) is 0 Å². The first-order valence-electron chi connectivity index (χ1n) is 20.6. The number of esters is 2. The molecule has 0 aliphatic heterocycles. The summed E-state index contributed by atoms with van der Waals surface area (Å²) in [5.41, 5.74) is 2.39. The van der Waals surface area contributed by atoms with Gasteiger partial charge >= 0.3 is 11.9 Å². The van der Waals surface area contributed by atoms with E-state index in [0.29, 0.717) is 40.6 Å². The van der Waals surface area contributed by atoms with Crippen molar-refractivity contribution < 1.29 is 19.1 Å². The van der Waals surface area contributed by atoms with Gasteiger partial charge in [-0.2, -0.15) is 0 Å². The van der Waals surface area contributed by atoms with E-state index in [-0.39, 0.29) is 41.7 Å². The molecular formula is C44H76O4Si. The van der Waals surface area contributed by atoms with E-state index in [1.165, 1.54) is 69.8 Å². The van der Waals surface area contributed by atoms with Crippen molar-refractivity contribution >= 4 is 20.0 Å². The third-order valence-corrected chi connectivity index (χ3v) is 18.3. The van der Waals surface area contributed by atoms with Gasteiger partial charge in [-0.15, -0.1) is 0 Å². The monoisotopic (exact) mass is 697 g/mol. The van der Waals surface area contributed by atoms with Crippen molar-refractivity contribution in [1.82, 2.24) is 0 Å². The Morgan fingerprint density at radius 3 is 2.12 bits per heavy atom. The Hall–Kier alpha value is -1.10. The molecule has 0 saturated heterocycles. The molecule has 0 N–H and O–H groups in total. The number of hydrogen-bond acceptors (Lipinski definition) is 4. The maximum atomic E-state index is 13.5. The molecule has 5 heteroatoms. The maximum Gasteiger partial charge on any atom is 0.306 e. The molecule has 5 aliphatic rings. The molecule has 0 radical (unpaired) electrons. The van der Waals surface area contributed by atoms with E-state index in [2.05, 4.69) is 74.7 Å². The molecule has 0 aromatic heterocycles. The standard InChI is InChI=1S/C44H76O4Si/c1-14-20-44-23-17-31(30(2)3)38(44)32-15-16-34-41(8)21-19-35(40(6,7)33(41)18-22-43(34,10)42(32,9)24-25-44)48-37(46)29-39(4,5)28-36(45)47-26-27-49(11,12)13/h31-35,38H,2,14-29H2,1,3-13H3/t31?,32?,33?,34?,35-,38?,41-,42+,43+,44+/m0/s1. The van der Waals surface area contributed by atoms with Gasteiger partial charge in [0.1, 0.15) is 6.10 Å². The summed E-state index contributed by atoms with van der Waals surface area (Å²) in [6, 6.07) is 0.966. The van der Waals surface area contributed by atoms with E-state index < -0.39 is 13.5 Å². The molecule has 5 saturated carbocycles. The number of rotatable bonds is 11. The van der Waals surface area contributed by atoms with Gasteiger partial charge in [0.2, 0.25) is 0 Å². The third-order valence-electron chi connectivity index (χ3n) is 16.6. The van der Waals surface area contributed by atoms with Crippen LogP contribution in [0.4, 0.5) is 0 Å². The lowest BCUT2D eigenvalue weighted by atomic mass is 9.32. The van der Waals surface area contributed by atoms with Gasteiger partial charge in [0, 0.05) is 13.5 Å². The van der Waals surface area contributed by atoms with Gasteiger partial charge < -0.3 is 9.47 Å². The minimum Gasteiger partial charge on any atom is -0.466 e. The normalized spacial score (nSPS) is 41.5. The molecule has 0 aromatic carbocycles. The van der Waals surface area contributed by atoms with Crippen LogP contribution in [0.15, 0.2) is 12.2 Å². The summed E-state index contributed by atoms with van der Waals surface area (Å²) in [6.07, 6.45) is 16.1. The Balaban J connectivity index is 1.28. The van der Waals surface area contributed by atoms with Crippen molar-refractivity contribution in [3.8, 4) is 0 Å². The lowest BCUT2D eigenvalue weighted by molar-refractivity contribution is -0.250. The summed E-state index contributed by atoms with van der Waals surface area (Å²) in [6.45, 7) is 33.6. The molecule has 0 amide bonds. The second-order valence-electron chi connectivity index (χ2n) is 21.7. The zero-order valence-corrected chi connectivity index (χ0v) is 35.1. The van der Waals surface area contributed by atoms with Crippen molar-refractivity contribution in [1.29, 1.82) is 0 Å². The van der Waals surface area contributed by atoms with E-state index in [0.717, 1.165) is 30.7 Å². The molecule has 4 nitrogen and oxygen atoms in total. The Morgan fingerprint density at radius 1 is 0.816 bits per heavy atom. The van der Waals surface area contributed by atoms with Crippen LogP contribution in [0.25, 0.3) is 0 Å². The van der Waals surface area contributed by atoms with Gasteiger partial charge in [-0.3, -0.25) is 9.59 Å². The zero-order valence-electron chi connectivity index (χ0n) is 34.1. The molecule has 0 aromatic rings. The van der Waals surface area contributed by atoms with E-state index >= 15 is 0 Å². The minimum absolute atomic E-state index is 0.0759. The average molecular weight is 697 g/mol. The van der Waals surface area contributed by atoms with Crippen LogP contribution in [0.2, 0.25) is 25.7 Å². The van der Waals surface area contributed by atoms with Crippen LogP contribution in [0.5, 0.6) is 0 Å². The number of fused-ring (bicyclic) bond motifs is 7.